The van der Waals surface area contributed by atoms with Crippen LogP contribution in [0.4, 0.5) is 4.39 Å². The summed E-state index contributed by atoms with van der Waals surface area (Å²) in [6, 6.07) is 6.21. The van der Waals surface area contributed by atoms with Crippen molar-refractivity contribution in [1.29, 1.82) is 0 Å². The van der Waals surface area contributed by atoms with Crippen LogP contribution in [0.25, 0.3) is 0 Å². The molecule has 2 N–H and O–H groups in total. The first-order chi connectivity index (χ1) is 9.54. The summed E-state index contributed by atoms with van der Waals surface area (Å²) < 4.78 is 14.9. The van der Waals surface area contributed by atoms with Gasteiger partial charge >= 0.3 is 0 Å². The Labute approximate surface area is 118 Å². The lowest BCUT2D eigenvalue weighted by Crippen LogP contribution is -2.33. The monoisotopic (exact) mass is 277 g/mol. The second-order valence-corrected chi connectivity index (χ2v) is 5.12. The minimum absolute atomic E-state index is 0.164. The van der Waals surface area contributed by atoms with E-state index in [-0.39, 0.29) is 11.9 Å². The molecule has 0 aliphatic rings. The van der Waals surface area contributed by atoms with E-state index in [2.05, 4.69) is 10.4 Å². The summed E-state index contributed by atoms with van der Waals surface area (Å²) in [5.74, 6) is -0.332. The highest BCUT2D eigenvalue weighted by Gasteiger charge is 2.10. The topological polar surface area (TPSA) is 50.1 Å². The van der Waals surface area contributed by atoms with Gasteiger partial charge in [0.1, 0.15) is 5.82 Å². The molecule has 5 heteroatoms. The van der Waals surface area contributed by atoms with Crippen molar-refractivity contribution < 1.29 is 9.50 Å². The van der Waals surface area contributed by atoms with Crippen LogP contribution in [0.5, 0.6) is 0 Å². The van der Waals surface area contributed by atoms with Crippen LogP contribution in [0.2, 0.25) is 0 Å². The van der Waals surface area contributed by atoms with Crippen molar-refractivity contribution in [2.45, 2.75) is 32.5 Å². The van der Waals surface area contributed by atoms with Crippen LogP contribution >= 0.6 is 0 Å². The number of aliphatic hydroxyl groups excluding tert-OH is 1. The van der Waals surface area contributed by atoms with Gasteiger partial charge in [0.15, 0.2) is 0 Å². The summed E-state index contributed by atoms with van der Waals surface area (Å²) in [5, 5.41) is 17.5. The van der Waals surface area contributed by atoms with E-state index in [0.29, 0.717) is 12.1 Å². The summed E-state index contributed by atoms with van der Waals surface area (Å²) in [5.41, 5.74) is 1.71. The summed E-state index contributed by atoms with van der Waals surface area (Å²) >= 11 is 0. The average Bonchev–Trinajstić information content (AvgIpc) is 2.81. The van der Waals surface area contributed by atoms with E-state index >= 15 is 0 Å². The second-order valence-electron chi connectivity index (χ2n) is 5.12. The number of hydrogen-bond acceptors (Lipinski definition) is 3. The van der Waals surface area contributed by atoms with Gasteiger partial charge in [-0.2, -0.15) is 5.10 Å². The fourth-order valence-corrected chi connectivity index (χ4v) is 2.06. The highest BCUT2D eigenvalue weighted by Crippen LogP contribution is 2.13. The molecular weight excluding hydrogens is 257 g/mol. The molecule has 0 saturated carbocycles. The molecule has 20 heavy (non-hydrogen) atoms. The molecule has 0 aliphatic carbocycles. The zero-order valence-corrected chi connectivity index (χ0v) is 11.8. The van der Waals surface area contributed by atoms with E-state index < -0.39 is 6.10 Å². The lowest BCUT2D eigenvalue weighted by Gasteiger charge is -2.17. The van der Waals surface area contributed by atoms with Gasteiger partial charge in [-0.05, 0) is 37.1 Å². The normalized spacial score (nSPS) is 14.2. The van der Waals surface area contributed by atoms with Crippen LogP contribution in [-0.4, -0.2) is 27.5 Å². The number of rotatable bonds is 6. The molecule has 0 bridgehead atoms. The van der Waals surface area contributed by atoms with Gasteiger partial charge in [-0.1, -0.05) is 12.1 Å². The molecule has 2 aromatic rings. The number of nitrogens with one attached hydrogen (secondary N) is 1. The van der Waals surface area contributed by atoms with Gasteiger partial charge in [-0.15, -0.1) is 0 Å². The van der Waals surface area contributed by atoms with Gasteiger partial charge < -0.3 is 10.4 Å². The number of halogens is 1. The van der Waals surface area contributed by atoms with Crippen LogP contribution in [0, 0.1) is 12.7 Å². The zero-order valence-electron chi connectivity index (χ0n) is 11.8. The van der Waals surface area contributed by atoms with Crippen LogP contribution < -0.4 is 5.32 Å². The van der Waals surface area contributed by atoms with E-state index in [1.807, 2.05) is 30.9 Å². The van der Waals surface area contributed by atoms with Crippen LogP contribution in [0.1, 0.15) is 24.2 Å². The van der Waals surface area contributed by atoms with Crippen molar-refractivity contribution in [3.63, 3.8) is 0 Å². The Morgan fingerprint density at radius 2 is 2.25 bits per heavy atom. The highest BCUT2D eigenvalue weighted by atomic mass is 19.1. The Balaban J connectivity index is 1.82. The molecule has 0 unspecified atom stereocenters. The summed E-state index contributed by atoms with van der Waals surface area (Å²) in [7, 11) is 0. The van der Waals surface area contributed by atoms with Crippen molar-refractivity contribution in [2.75, 3.05) is 6.54 Å². The molecule has 1 heterocycles. The third-order valence-electron chi connectivity index (χ3n) is 3.12. The molecule has 2 rings (SSSR count). The van der Waals surface area contributed by atoms with Crippen LogP contribution in [0.15, 0.2) is 36.7 Å². The average molecular weight is 277 g/mol. The van der Waals surface area contributed by atoms with Crippen molar-refractivity contribution in [2.24, 2.45) is 0 Å². The largest absolute Gasteiger partial charge is 0.387 e. The van der Waals surface area contributed by atoms with Crippen molar-refractivity contribution in [3.8, 4) is 0 Å². The third kappa shape index (κ3) is 4.15. The summed E-state index contributed by atoms with van der Waals surface area (Å²) in [4.78, 5) is 0. The van der Waals surface area contributed by atoms with Gasteiger partial charge in [0, 0.05) is 18.8 Å². The van der Waals surface area contributed by atoms with E-state index in [1.54, 1.807) is 12.1 Å². The first kappa shape index (κ1) is 14.7. The number of nitrogens with zero attached hydrogens (tertiary/aromatic N) is 2. The Morgan fingerprint density at radius 1 is 1.45 bits per heavy atom. The number of benzene rings is 1. The smallest absolute Gasteiger partial charge is 0.123 e. The predicted molar refractivity (Wildman–Crippen MR) is 75.8 cm³/mol. The molecule has 0 amide bonds. The molecule has 1 aromatic carbocycles. The zero-order chi connectivity index (χ0) is 14.5. The molecule has 0 saturated heterocycles. The standard InChI is InChI=1S/C15H20FN3O/c1-11-7-18-19(9-11)10-12(2)17-8-15(20)13-4-3-5-14(16)6-13/h3-7,9,12,15,17,20H,8,10H2,1-2H3/t12-,15+/m0/s1. The lowest BCUT2D eigenvalue weighted by molar-refractivity contribution is 0.168. The minimum Gasteiger partial charge on any atom is -0.387 e. The van der Waals surface area contributed by atoms with Crippen LogP contribution in [-0.2, 0) is 6.54 Å². The fourth-order valence-electron chi connectivity index (χ4n) is 2.06. The summed E-state index contributed by atoms with van der Waals surface area (Å²) in [6.07, 6.45) is 3.07. The lowest BCUT2D eigenvalue weighted by atomic mass is 10.1. The molecule has 0 spiro atoms. The van der Waals surface area contributed by atoms with E-state index in [1.165, 1.54) is 12.1 Å². The molecule has 108 valence electrons. The second kappa shape index (κ2) is 6.63. The van der Waals surface area contributed by atoms with Gasteiger partial charge in [0.2, 0.25) is 0 Å². The Hall–Kier alpha value is -1.72. The first-order valence-electron chi connectivity index (χ1n) is 6.70. The quantitative estimate of drug-likeness (QED) is 0.849. The first-order valence-corrected chi connectivity index (χ1v) is 6.70. The van der Waals surface area contributed by atoms with Crippen molar-refractivity contribution >= 4 is 0 Å². The molecule has 1 aromatic heterocycles. The molecule has 2 atom stereocenters. The predicted octanol–water partition coefficient (Wildman–Crippen LogP) is 2.04. The SMILES string of the molecule is Cc1cnn(C[C@H](C)NC[C@@H](O)c2cccc(F)c2)c1. The number of aryl methyl sites for hydroxylation is 1. The van der Waals surface area contributed by atoms with E-state index in [4.69, 9.17) is 0 Å². The summed E-state index contributed by atoms with van der Waals surface area (Å²) in [6.45, 7) is 5.12. The Bertz CT molecular complexity index is 556. The fraction of sp³-hybridized carbons (Fsp3) is 0.400. The van der Waals surface area contributed by atoms with Crippen LogP contribution in [0.3, 0.4) is 0 Å². The molecular formula is C15H20FN3O. The minimum atomic E-state index is -0.715. The van der Waals surface area contributed by atoms with E-state index in [0.717, 1.165) is 12.1 Å². The van der Waals surface area contributed by atoms with Crippen molar-refractivity contribution in [3.05, 3.63) is 53.6 Å². The maximum Gasteiger partial charge on any atom is 0.123 e. The molecule has 0 aliphatic heterocycles. The van der Waals surface area contributed by atoms with Gasteiger partial charge in [0.05, 0.1) is 18.8 Å². The highest BCUT2D eigenvalue weighted by molar-refractivity contribution is 5.18. The third-order valence-corrected chi connectivity index (χ3v) is 3.12. The van der Waals surface area contributed by atoms with Gasteiger partial charge in [-0.25, -0.2) is 4.39 Å². The number of aliphatic hydroxyl groups is 1. The Kier molecular flexibility index (Phi) is 4.87. The maximum absolute atomic E-state index is 13.1. The molecule has 0 fully saturated rings. The molecule has 4 nitrogen and oxygen atoms in total. The van der Waals surface area contributed by atoms with Gasteiger partial charge in [0.25, 0.3) is 0 Å². The maximum atomic E-state index is 13.1. The Morgan fingerprint density at radius 3 is 2.90 bits per heavy atom. The van der Waals surface area contributed by atoms with Crippen molar-refractivity contribution in [1.82, 2.24) is 15.1 Å². The number of aromatic nitrogens is 2. The molecule has 0 radical (unpaired) electrons. The van der Waals surface area contributed by atoms with Gasteiger partial charge in [-0.3, -0.25) is 4.68 Å². The van der Waals surface area contributed by atoms with E-state index in [9.17, 15) is 9.50 Å². The number of hydrogen-bond donors (Lipinski definition) is 2.